The lowest BCUT2D eigenvalue weighted by atomic mass is 10.1. The summed E-state index contributed by atoms with van der Waals surface area (Å²) in [5.41, 5.74) is 0.971. The van der Waals surface area contributed by atoms with Crippen molar-refractivity contribution in [2.45, 2.75) is 13.0 Å². The van der Waals surface area contributed by atoms with Gasteiger partial charge in [0.15, 0.2) is 0 Å². The molecule has 1 aromatic rings. The van der Waals surface area contributed by atoms with Crippen molar-refractivity contribution >= 4 is 5.97 Å². The summed E-state index contributed by atoms with van der Waals surface area (Å²) in [4.78, 5) is 11.3. The van der Waals surface area contributed by atoms with Crippen LogP contribution in [-0.2, 0) is 4.74 Å². The zero-order valence-corrected chi connectivity index (χ0v) is 8.65. The lowest BCUT2D eigenvalue weighted by molar-refractivity contribution is 0.0600. The van der Waals surface area contributed by atoms with Gasteiger partial charge in [-0.1, -0.05) is 24.0 Å². The maximum atomic E-state index is 11.3. The largest absolute Gasteiger partial charge is 0.465 e. The van der Waals surface area contributed by atoms with Crippen LogP contribution in [0.4, 0.5) is 0 Å². The van der Waals surface area contributed by atoms with Gasteiger partial charge in [-0.2, -0.15) is 0 Å². The van der Waals surface area contributed by atoms with E-state index in [1.807, 2.05) is 0 Å². The predicted octanol–water partition coefficient (Wildman–Crippen LogP) is 1.21. The Morgan fingerprint density at radius 2 is 2.13 bits per heavy atom. The first kappa shape index (κ1) is 11.3. The number of esters is 1. The van der Waals surface area contributed by atoms with Gasteiger partial charge >= 0.3 is 5.97 Å². The number of carbonyl (C=O) groups is 1. The molecule has 0 unspecified atom stereocenters. The average Bonchev–Trinajstić information content (AvgIpc) is 2.25. The number of aliphatic hydroxyl groups excluding tert-OH is 1. The molecular formula is C12H12O3. The molecule has 1 N–H and O–H groups in total. The normalized spacial score (nSPS) is 11.1. The van der Waals surface area contributed by atoms with E-state index in [0.717, 1.165) is 0 Å². The average molecular weight is 204 g/mol. The van der Waals surface area contributed by atoms with Crippen LogP contribution in [0.25, 0.3) is 0 Å². The smallest absolute Gasteiger partial charge is 0.339 e. The number of benzene rings is 1. The summed E-state index contributed by atoms with van der Waals surface area (Å²) in [6.45, 7) is 1.56. The highest BCUT2D eigenvalue weighted by molar-refractivity contribution is 5.92. The molecule has 15 heavy (non-hydrogen) atoms. The van der Waals surface area contributed by atoms with Gasteiger partial charge in [-0.25, -0.2) is 4.79 Å². The summed E-state index contributed by atoms with van der Waals surface area (Å²) in [6, 6.07) is 6.86. The number of methoxy groups -OCH3 is 1. The fourth-order valence-electron chi connectivity index (χ4n) is 1.06. The Hall–Kier alpha value is -1.79. The van der Waals surface area contributed by atoms with Crippen LogP contribution in [0.2, 0.25) is 0 Å². The molecule has 0 aliphatic heterocycles. The SMILES string of the molecule is COC(=O)c1ccccc1C#C[C@@H](C)O. The van der Waals surface area contributed by atoms with Gasteiger partial charge in [0.25, 0.3) is 0 Å². The quantitative estimate of drug-likeness (QED) is 0.552. The van der Waals surface area contributed by atoms with E-state index in [9.17, 15) is 4.79 Å². The second kappa shape index (κ2) is 5.18. The monoisotopic (exact) mass is 204 g/mol. The molecule has 0 aromatic heterocycles. The Morgan fingerprint density at radius 3 is 2.73 bits per heavy atom. The first-order valence-electron chi connectivity index (χ1n) is 4.52. The third-order valence-corrected chi connectivity index (χ3v) is 1.75. The van der Waals surface area contributed by atoms with Crippen LogP contribution < -0.4 is 0 Å². The maximum Gasteiger partial charge on any atom is 0.339 e. The van der Waals surface area contributed by atoms with E-state index >= 15 is 0 Å². The van der Waals surface area contributed by atoms with Crippen molar-refractivity contribution in [3.05, 3.63) is 35.4 Å². The van der Waals surface area contributed by atoms with E-state index in [0.29, 0.717) is 11.1 Å². The minimum absolute atomic E-state index is 0.410. The van der Waals surface area contributed by atoms with E-state index in [1.54, 1.807) is 31.2 Å². The molecular weight excluding hydrogens is 192 g/mol. The van der Waals surface area contributed by atoms with Crippen molar-refractivity contribution in [1.29, 1.82) is 0 Å². The van der Waals surface area contributed by atoms with Gasteiger partial charge in [-0.05, 0) is 19.1 Å². The summed E-state index contributed by atoms with van der Waals surface area (Å²) in [5.74, 6) is 4.88. The summed E-state index contributed by atoms with van der Waals surface area (Å²) in [5, 5.41) is 9.01. The minimum Gasteiger partial charge on any atom is -0.465 e. The van der Waals surface area contributed by atoms with Gasteiger partial charge in [-0.15, -0.1) is 0 Å². The number of aliphatic hydroxyl groups is 1. The Morgan fingerprint density at radius 1 is 1.47 bits per heavy atom. The number of rotatable bonds is 1. The lowest BCUT2D eigenvalue weighted by Crippen LogP contribution is -2.04. The van der Waals surface area contributed by atoms with Crippen LogP contribution in [0.15, 0.2) is 24.3 Å². The van der Waals surface area contributed by atoms with Crippen LogP contribution >= 0.6 is 0 Å². The molecule has 0 heterocycles. The van der Waals surface area contributed by atoms with Gasteiger partial charge in [0.2, 0.25) is 0 Å². The molecule has 1 aromatic carbocycles. The Labute approximate surface area is 88.7 Å². The summed E-state index contributed by atoms with van der Waals surface area (Å²) >= 11 is 0. The number of carbonyl (C=O) groups excluding carboxylic acids is 1. The Bertz CT molecular complexity index is 410. The first-order valence-corrected chi connectivity index (χ1v) is 4.52. The van der Waals surface area contributed by atoms with Gasteiger partial charge in [0, 0.05) is 5.56 Å². The van der Waals surface area contributed by atoms with Crippen molar-refractivity contribution < 1.29 is 14.6 Å². The molecule has 3 nitrogen and oxygen atoms in total. The molecule has 0 fully saturated rings. The topological polar surface area (TPSA) is 46.5 Å². The van der Waals surface area contributed by atoms with Crippen molar-refractivity contribution in [2.24, 2.45) is 0 Å². The van der Waals surface area contributed by atoms with Crippen LogP contribution in [0.1, 0.15) is 22.8 Å². The molecule has 0 saturated heterocycles. The van der Waals surface area contributed by atoms with Crippen molar-refractivity contribution in [3.63, 3.8) is 0 Å². The molecule has 0 radical (unpaired) electrons. The Kier molecular flexibility index (Phi) is 3.90. The number of hydrogen-bond donors (Lipinski definition) is 1. The summed E-state index contributed by atoms with van der Waals surface area (Å²) in [6.07, 6.45) is -0.712. The van der Waals surface area contributed by atoms with Crippen molar-refractivity contribution in [1.82, 2.24) is 0 Å². The molecule has 1 atom stereocenters. The third kappa shape index (κ3) is 3.12. The molecule has 0 saturated carbocycles. The van der Waals surface area contributed by atoms with Crippen LogP contribution in [0.3, 0.4) is 0 Å². The van der Waals surface area contributed by atoms with Gasteiger partial charge in [0.1, 0.15) is 6.10 Å². The highest BCUT2D eigenvalue weighted by Crippen LogP contribution is 2.08. The Balaban J connectivity index is 3.09. The molecule has 0 spiro atoms. The summed E-state index contributed by atoms with van der Waals surface area (Å²) < 4.78 is 4.61. The molecule has 78 valence electrons. The van der Waals surface area contributed by atoms with E-state index < -0.39 is 12.1 Å². The fourth-order valence-corrected chi connectivity index (χ4v) is 1.06. The third-order valence-electron chi connectivity index (χ3n) is 1.75. The minimum atomic E-state index is -0.712. The molecule has 1 rings (SSSR count). The molecule has 0 aliphatic rings. The number of ether oxygens (including phenoxy) is 1. The second-order valence-electron chi connectivity index (χ2n) is 2.98. The number of hydrogen-bond acceptors (Lipinski definition) is 3. The zero-order chi connectivity index (χ0) is 11.3. The first-order chi connectivity index (χ1) is 7.15. The highest BCUT2D eigenvalue weighted by atomic mass is 16.5. The van der Waals surface area contributed by atoms with Gasteiger partial charge in [0.05, 0.1) is 12.7 Å². The molecule has 0 amide bonds. The second-order valence-corrected chi connectivity index (χ2v) is 2.98. The van der Waals surface area contributed by atoms with E-state index in [-0.39, 0.29) is 0 Å². The van der Waals surface area contributed by atoms with Gasteiger partial charge < -0.3 is 9.84 Å². The zero-order valence-electron chi connectivity index (χ0n) is 8.65. The molecule has 3 heteroatoms. The van der Waals surface area contributed by atoms with Crippen LogP contribution in [0.5, 0.6) is 0 Å². The van der Waals surface area contributed by atoms with Crippen molar-refractivity contribution in [3.8, 4) is 11.8 Å². The van der Waals surface area contributed by atoms with Gasteiger partial charge in [-0.3, -0.25) is 0 Å². The van der Waals surface area contributed by atoms with Crippen LogP contribution in [0, 0.1) is 11.8 Å². The van der Waals surface area contributed by atoms with Crippen LogP contribution in [-0.4, -0.2) is 24.3 Å². The summed E-state index contributed by atoms with van der Waals surface area (Å²) in [7, 11) is 1.32. The predicted molar refractivity (Wildman–Crippen MR) is 56.3 cm³/mol. The highest BCUT2D eigenvalue weighted by Gasteiger charge is 2.08. The standard InChI is InChI=1S/C12H12O3/c1-9(13)7-8-10-5-3-4-6-11(10)12(14)15-2/h3-6,9,13H,1-2H3/t9-/m1/s1. The molecule has 0 aliphatic carbocycles. The fraction of sp³-hybridized carbons (Fsp3) is 0.250. The lowest BCUT2D eigenvalue weighted by Gasteiger charge is -2.01. The van der Waals surface area contributed by atoms with E-state index in [2.05, 4.69) is 16.6 Å². The van der Waals surface area contributed by atoms with E-state index in [1.165, 1.54) is 7.11 Å². The molecule has 0 bridgehead atoms. The van der Waals surface area contributed by atoms with E-state index in [4.69, 9.17) is 5.11 Å². The van der Waals surface area contributed by atoms with Crippen molar-refractivity contribution in [2.75, 3.05) is 7.11 Å². The maximum absolute atomic E-state index is 11.3.